The molecule has 100 valence electrons. The molecular formula is C16H18ClNO. The molecule has 3 heteroatoms. The average molecular weight is 276 g/mol. The Morgan fingerprint density at radius 3 is 2.63 bits per heavy atom. The summed E-state index contributed by atoms with van der Waals surface area (Å²) in [4.78, 5) is 0. The third-order valence-corrected chi connectivity index (χ3v) is 3.51. The summed E-state index contributed by atoms with van der Waals surface area (Å²) in [5.74, 6) is 0.827. The molecule has 0 aliphatic heterocycles. The molecule has 0 fully saturated rings. The first-order valence-corrected chi connectivity index (χ1v) is 6.63. The van der Waals surface area contributed by atoms with Crippen LogP contribution in [-0.4, -0.2) is 7.11 Å². The molecule has 0 saturated heterocycles. The Morgan fingerprint density at radius 1 is 1.21 bits per heavy atom. The standard InChI is InChI=1S/C16H18ClNO/c1-11-5-3-4-6-14(11)15(18)10-12-9-13(17)7-8-16(12)19-2/h3-9,15H,10,18H2,1-2H3. The van der Waals surface area contributed by atoms with Crippen molar-refractivity contribution in [3.05, 3.63) is 64.2 Å². The summed E-state index contributed by atoms with van der Waals surface area (Å²) in [5, 5.41) is 0.702. The van der Waals surface area contributed by atoms with Crippen molar-refractivity contribution >= 4 is 11.6 Å². The summed E-state index contributed by atoms with van der Waals surface area (Å²) >= 11 is 6.04. The maximum absolute atomic E-state index is 6.30. The first-order valence-electron chi connectivity index (χ1n) is 6.25. The van der Waals surface area contributed by atoms with Gasteiger partial charge in [-0.15, -0.1) is 0 Å². The van der Waals surface area contributed by atoms with Crippen molar-refractivity contribution in [1.29, 1.82) is 0 Å². The number of ether oxygens (including phenoxy) is 1. The van der Waals surface area contributed by atoms with Gasteiger partial charge < -0.3 is 10.5 Å². The Kier molecular flexibility index (Phi) is 4.46. The predicted molar refractivity (Wildman–Crippen MR) is 79.8 cm³/mol. The Bertz CT molecular complexity index is 568. The lowest BCUT2D eigenvalue weighted by Crippen LogP contribution is -2.15. The third kappa shape index (κ3) is 3.28. The smallest absolute Gasteiger partial charge is 0.122 e. The minimum Gasteiger partial charge on any atom is -0.496 e. The fourth-order valence-corrected chi connectivity index (χ4v) is 2.45. The number of rotatable bonds is 4. The van der Waals surface area contributed by atoms with E-state index in [1.165, 1.54) is 5.56 Å². The first kappa shape index (κ1) is 13.9. The predicted octanol–water partition coefficient (Wildman–Crippen LogP) is 3.90. The molecule has 0 spiro atoms. The van der Waals surface area contributed by atoms with Crippen LogP contribution in [0.2, 0.25) is 5.02 Å². The van der Waals surface area contributed by atoms with E-state index in [0.29, 0.717) is 11.4 Å². The van der Waals surface area contributed by atoms with Crippen molar-refractivity contribution in [2.24, 2.45) is 5.73 Å². The van der Waals surface area contributed by atoms with Crippen molar-refractivity contribution in [3.63, 3.8) is 0 Å². The van der Waals surface area contributed by atoms with Crippen molar-refractivity contribution in [1.82, 2.24) is 0 Å². The van der Waals surface area contributed by atoms with Crippen molar-refractivity contribution in [2.75, 3.05) is 7.11 Å². The van der Waals surface area contributed by atoms with Gasteiger partial charge in [0.2, 0.25) is 0 Å². The maximum Gasteiger partial charge on any atom is 0.122 e. The van der Waals surface area contributed by atoms with Crippen LogP contribution in [0.4, 0.5) is 0 Å². The summed E-state index contributed by atoms with van der Waals surface area (Å²) in [6, 6.07) is 13.7. The second-order valence-electron chi connectivity index (χ2n) is 4.62. The van der Waals surface area contributed by atoms with Gasteiger partial charge in [0.25, 0.3) is 0 Å². The van der Waals surface area contributed by atoms with Crippen LogP contribution in [-0.2, 0) is 6.42 Å². The van der Waals surface area contributed by atoms with Crippen LogP contribution >= 0.6 is 11.6 Å². The van der Waals surface area contributed by atoms with Crippen molar-refractivity contribution in [3.8, 4) is 5.75 Å². The lowest BCUT2D eigenvalue weighted by Gasteiger charge is -2.16. The van der Waals surface area contributed by atoms with Gasteiger partial charge in [-0.3, -0.25) is 0 Å². The summed E-state index contributed by atoms with van der Waals surface area (Å²) < 4.78 is 5.35. The average Bonchev–Trinajstić information content (AvgIpc) is 2.39. The van der Waals surface area contributed by atoms with Crippen LogP contribution in [0.3, 0.4) is 0 Å². The van der Waals surface area contributed by atoms with Gasteiger partial charge in [-0.05, 0) is 48.2 Å². The van der Waals surface area contributed by atoms with E-state index in [-0.39, 0.29) is 6.04 Å². The second kappa shape index (κ2) is 6.09. The first-order chi connectivity index (χ1) is 9.11. The Hall–Kier alpha value is -1.51. The molecule has 2 aromatic carbocycles. The largest absolute Gasteiger partial charge is 0.496 e. The molecule has 2 rings (SSSR count). The number of halogens is 1. The minimum atomic E-state index is -0.0615. The lowest BCUT2D eigenvalue weighted by molar-refractivity contribution is 0.408. The van der Waals surface area contributed by atoms with E-state index in [4.69, 9.17) is 22.1 Å². The van der Waals surface area contributed by atoms with E-state index in [1.807, 2.05) is 30.3 Å². The lowest BCUT2D eigenvalue weighted by atomic mass is 9.96. The molecule has 2 aromatic rings. The maximum atomic E-state index is 6.30. The highest BCUT2D eigenvalue weighted by Gasteiger charge is 2.12. The van der Waals surface area contributed by atoms with Crippen LogP contribution in [0.1, 0.15) is 22.7 Å². The van der Waals surface area contributed by atoms with Crippen LogP contribution in [0, 0.1) is 6.92 Å². The van der Waals surface area contributed by atoms with Crippen molar-refractivity contribution in [2.45, 2.75) is 19.4 Å². The quantitative estimate of drug-likeness (QED) is 0.918. The molecule has 0 aliphatic carbocycles. The number of hydrogen-bond donors (Lipinski definition) is 1. The highest BCUT2D eigenvalue weighted by Crippen LogP contribution is 2.27. The Labute approximate surface area is 119 Å². The normalized spacial score (nSPS) is 12.2. The van der Waals surface area contributed by atoms with E-state index in [0.717, 1.165) is 16.9 Å². The number of hydrogen-bond acceptors (Lipinski definition) is 2. The topological polar surface area (TPSA) is 35.2 Å². The van der Waals surface area contributed by atoms with Crippen LogP contribution in [0.25, 0.3) is 0 Å². The molecule has 2 N–H and O–H groups in total. The molecule has 0 amide bonds. The Morgan fingerprint density at radius 2 is 1.95 bits per heavy atom. The molecule has 0 bridgehead atoms. The molecule has 0 aromatic heterocycles. The van der Waals surface area contributed by atoms with E-state index < -0.39 is 0 Å². The van der Waals surface area contributed by atoms with Crippen LogP contribution in [0.15, 0.2) is 42.5 Å². The number of methoxy groups -OCH3 is 1. The van der Waals surface area contributed by atoms with Gasteiger partial charge in [0.05, 0.1) is 7.11 Å². The summed E-state index contributed by atoms with van der Waals surface area (Å²) in [5.41, 5.74) is 9.70. The van der Waals surface area contributed by atoms with E-state index in [9.17, 15) is 0 Å². The van der Waals surface area contributed by atoms with Gasteiger partial charge in [-0.1, -0.05) is 35.9 Å². The molecule has 0 saturated carbocycles. The summed E-state index contributed by atoms with van der Waals surface area (Å²) in [7, 11) is 1.66. The van der Waals surface area contributed by atoms with Crippen LogP contribution in [0.5, 0.6) is 5.75 Å². The monoisotopic (exact) mass is 275 g/mol. The van der Waals surface area contributed by atoms with Gasteiger partial charge in [-0.2, -0.15) is 0 Å². The van der Waals surface area contributed by atoms with Gasteiger partial charge in [0, 0.05) is 11.1 Å². The second-order valence-corrected chi connectivity index (χ2v) is 5.06. The zero-order valence-electron chi connectivity index (χ0n) is 11.2. The SMILES string of the molecule is COc1ccc(Cl)cc1CC(N)c1ccccc1C. The molecule has 1 unspecified atom stereocenters. The zero-order valence-corrected chi connectivity index (χ0v) is 11.9. The minimum absolute atomic E-state index is 0.0615. The van der Waals surface area contributed by atoms with Gasteiger partial charge >= 0.3 is 0 Å². The number of benzene rings is 2. The molecule has 2 nitrogen and oxygen atoms in total. The van der Waals surface area contributed by atoms with Gasteiger partial charge in [0.1, 0.15) is 5.75 Å². The zero-order chi connectivity index (χ0) is 13.8. The van der Waals surface area contributed by atoms with E-state index in [1.54, 1.807) is 7.11 Å². The number of aryl methyl sites for hydroxylation is 1. The fourth-order valence-electron chi connectivity index (χ4n) is 2.26. The molecule has 19 heavy (non-hydrogen) atoms. The molecule has 0 heterocycles. The molecule has 0 aliphatic rings. The Balaban J connectivity index is 2.26. The third-order valence-electron chi connectivity index (χ3n) is 3.27. The fraction of sp³-hybridized carbons (Fsp3) is 0.250. The summed E-state index contributed by atoms with van der Waals surface area (Å²) in [6.07, 6.45) is 0.703. The number of nitrogens with two attached hydrogens (primary N) is 1. The van der Waals surface area contributed by atoms with E-state index >= 15 is 0 Å². The van der Waals surface area contributed by atoms with Crippen molar-refractivity contribution < 1.29 is 4.74 Å². The van der Waals surface area contributed by atoms with Gasteiger partial charge in [-0.25, -0.2) is 0 Å². The van der Waals surface area contributed by atoms with Gasteiger partial charge in [0.15, 0.2) is 0 Å². The molecule has 1 atom stereocenters. The highest BCUT2D eigenvalue weighted by atomic mass is 35.5. The van der Waals surface area contributed by atoms with Crippen LogP contribution < -0.4 is 10.5 Å². The van der Waals surface area contributed by atoms with E-state index in [2.05, 4.69) is 19.1 Å². The summed E-state index contributed by atoms with van der Waals surface area (Å²) in [6.45, 7) is 2.07. The molecule has 0 radical (unpaired) electrons. The highest BCUT2D eigenvalue weighted by molar-refractivity contribution is 6.30. The molecular weight excluding hydrogens is 258 g/mol.